The van der Waals surface area contributed by atoms with E-state index in [1.807, 2.05) is 6.92 Å². The molecule has 17 heavy (non-hydrogen) atoms. The lowest BCUT2D eigenvalue weighted by atomic mass is 10.2. The second kappa shape index (κ2) is 4.47. The zero-order chi connectivity index (χ0) is 12.4. The molecule has 0 aliphatic carbocycles. The standard InChI is InChI=1S/C11H9NO4S/c1-6-9-10(16-3-2-15-9)8(17-6)4-7(5-12)11(13)14/h4H,2-3H2,1H3,(H,13,14)/b7-4+. The largest absolute Gasteiger partial charge is 0.485 e. The zero-order valence-electron chi connectivity index (χ0n) is 9.02. The van der Waals surface area contributed by atoms with Gasteiger partial charge in [0.05, 0.1) is 4.88 Å². The van der Waals surface area contributed by atoms with Gasteiger partial charge in [-0.2, -0.15) is 5.26 Å². The highest BCUT2D eigenvalue weighted by atomic mass is 32.1. The highest BCUT2D eigenvalue weighted by molar-refractivity contribution is 7.13. The van der Waals surface area contributed by atoms with Gasteiger partial charge in [-0.1, -0.05) is 0 Å². The second-order valence-corrected chi connectivity index (χ2v) is 4.61. The van der Waals surface area contributed by atoms with Crippen LogP contribution in [-0.4, -0.2) is 24.3 Å². The Morgan fingerprint density at radius 2 is 2.12 bits per heavy atom. The Kier molecular flexibility index (Phi) is 3.02. The fourth-order valence-electron chi connectivity index (χ4n) is 1.49. The molecule has 1 aliphatic rings. The van der Waals surface area contributed by atoms with Crippen LogP contribution in [0.4, 0.5) is 0 Å². The van der Waals surface area contributed by atoms with Crippen LogP contribution in [0.25, 0.3) is 6.08 Å². The van der Waals surface area contributed by atoms with E-state index in [0.717, 1.165) is 4.88 Å². The van der Waals surface area contributed by atoms with Crippen molar-refractivity contribution in [3.05, 3.63) is 15.3 Å². The van der Waals surface area contributed by atoms with Crippen LogP contribution in [-0.2, 0) is 4.79 Å². The highest BCUT2D eigenvalue weighted by Gasteiger charge is 2.22. The Labute approximate surface area is 102 Å². The number of nitriles is 1. The van der Waals surface area contributed by atoms with Crippen molar-refractivity contribution in [2.75, 3.05) is 13.2 Å². The first-order valence-corrected chi connectivity index (χ1v) is 5.69. The van der Waals surface area contributed by atoms with E-state index < -0.39 is 5.97 Å². The monoisotopic (exact) mass is 251 g/mol. The van der Waals surface area contributed by atoms with Crippen molar-refractivity contribution in [1.82, 2.24) is 0 Å². The van der Waals surface area contributed by atoms with Crippen LogP contribution in [0.3, 0.4) is 0 Å². The number of thiophene rings is 1. The topological polar surface area (TPSA) is 79.6 Å². The first kappa shape index (κ1) is 11.5. The summed E-state index contributed by atoms with van der Waals surface area (Å²) in [6, 6.07) is 1.64. The van der Waals surface area contributed by atoms with Gasteiger partial charge in [-0.15, -0.1) is 11.3 Å². The van der Waals surface area contributed by atoms with Gasteiger partial charge >= 0.3 is 5.97 Å². The number of aryl methyl sites for hydroxylation is 1. The van der Waals surface area contributed by atoms with Gasteiger partial charge in [0.1, 0.15) is 24.9 Å². The van der Waals surface area contributed by atoms with Gasteiger partial charge in [-0.05, 0) is 13.0 Å². The number of nitrogens with zero attached hydrogens (tertiary/aromatic N) is 1. The van der Waals surface area contributed by atoms with E-state index in [9.17, 15) is 4.79 Å². The van der Waals surface area contributed by atoms with E-state index >= 15 is 0 Å². The van der Waals surface area contributed by atoms with Gasteiger partial charge in [-0.25, -0.2) is 4.79 Å². The van der Waals surface area contributed by atoms with Crippen molar-refractivity contribution in [1.29, 1.82) is 5.26 Å². The molecule has 0 radical (unpaired) electrons. The molecule has 0 unspecified atom stereocenters. The predicted octanol–water partition coefficient (Wildman–Crippen LogP) is 1.82. The molecule has 0 spiro atoms. The first-order chi connectivity index (χ1) is 8.13. The molecule has 2 rings (SSSR count). The molecular weight excluding hydrogens is 242 g/mol. The van der Waals surface area contributed by atoms with Crippen LogP contribution in [0.5, 0.6) is 11.5 Å². The summed E-state index contributed by atoms with van der Waals surface area (Å²) in [4.78, 5) is 12.3. The van der Waals surface area contributed by atoms with E-state index in [1.165, 1.54) is 17.4 Å². The number of carboxylic acids is 1. The number of carboxylic acid groups (broad SMARTS) is 1. The molecule has 1 N–H and O–H groups in total. The molecule has 0 amide bonds. The summed E-state index contributed by atoms with van der Waals surface area (Å²) in [5, 5.41) is 17.5. The van der Waals surface area contributed by atoms with Gasteiger partial charge in [0.2, 0.25) is 0 Å². The Balaban J connectivity index is 2.47. The van der Waals surface area contributed by atoms with E-state index in [0.29, 0.717) is 29.6 Å². The predicted molar refractivity (Wildman–Crippen MR) is 61.3 cm³/mol. The summed E-state index contributed by atoms with van der Waals surface area (Å²) in [6.45, 7) is 2.78. The van der Waals surface area contributed by atoms with Crippen molar-refractivity contribution in [2.45, 2.75) is 6.92 Å². The number of ether oxygens (including phenoxy) is 2. The summed E-state index contributed by atoms with van der Waals surface area (Å²) in [5.74, 6) is -0.0630. The van der Waals surface area contributed by atoms with Crippen molar-refractivity contribution in [3.63, 3.8) is 0 Å². The number of rotatable bonds is 2. The van der Waals surface area contributed by atoms with Crippen molar-refractivity contribution >= 4 is 23.4 Å². The minimum Gasteiger partial charge on any atom is -0.485 e. The summed E-state index contributed by atoms with van der Waals surface area (Å²) >= 11 is 1.35. The fraction of sp³-hybridized carbons (Fsp3) is 0.273. The minimum atomic E-state index is -1.25. The third-order valence-corrected chi connectivity index (χ3v) is 3.23. The average molecular weight is 251 g/mol. The smallest absolute Gasteiger partial charge is 0.346 e. The number of hydrogen-bond donors (Lipinski definition) is 1. The molecule has 6 heteroatoms. The van der Waals surface area contributed by atoms with E-state index in [4.69, 9.17) is 19.8 Å². The lowest BCUT2D eigenvalue weighted by Crippen LogP contribution is -2.15. The second-order valence-electron chi connectivity index (χ2n) is 3.35. The van der Waals surface area contributed by atoms with Gasteiger partial charge in [0.15, 0.2) is 11.5 Å². The maximum absolute atomic E-state index is 10.8. The normalized spacial score (nSPS) is 14.2. The highest BCUT2D eigenvalue weighted by Crippen LogP contribution is 2.44. The molecule has 0 saturated heterocycles. The molecule has 1 aliphatic heterocycles. The maximum Gasteiger partial charge on any atom is 0.346 e. The van der Waals surface area contributed by atoms with E-state index in [-0.39, 0.29) is 5.57 Å². The van der Waals surface area contributed by atoms with Crippen LogP contribution in [0.1, 0.15) is 9.75 Å². The third kappa shape index (κ3) is 2.10. The lowest BCUT2D eigenvalue weighted by Gasteiger charge is -2.16. The van der Waals surface area contributed by atoms with Crippen LogP contribution in [0.2, 0.25) is 0 Å². The number of fused-ring (bicyclic) bond motifs is 1. The Morgan fingerprint density at radius 1 is 1.47 bits per heavy atom. The lowest BCUT2D eigenvalue weighted by molar-refractivity contribution is -0.132. The zero-order valence-corrected chi connectivity index (χ0v) is 9.84. The molecule has 1 aromatic heterocycles. The van der Waals surface area contributed by atoms with Gasteiger partial charge < -0.3 is 14.6 Å². The molecule has 0 bridgehead atoms. The van der Waals surface area contributed by atoms with Crippen molar-refractivity contribution < 1.29 is 19.4 Å². The van der Waals surface area contributed by atoms with Crippen LogP contribution < -0.4 is 9.47 Å². The van der Waals surface area contributed by atoms with Gasteiger partial charge in [0, 0.05) is 4.88 Å². The van der Waals surface area contributed by atoms with Gasteiger partial charge in [-0.3, -0.25) is 0 Å². The molecule has 0 saturated carbocycles. The van der Waals surface area contributed by atoms with Crippen LogP contribution in [0.15, 0.2) is 5.57 Å². The molecular formula is C11H9NO4S. The minimum absolute atomic E-state index is 0.316. The molecule has 1 aromatic rings. The molecule has 5 nitrogen and oxygen atoms in total. The quantitative estimate of drug-likeness (QED) is 0.640. The Hall–Kier alpha value is -2.00. The summed E-state index contributed by atoms with van der Waals surface area (Å²) in [7, 11) is 0. The summed E-state index contributed by atoms with van der Waals surface area (Å²) in [5.41, 5.74) is -0.316. The SMILES string of the molecule is Cc1sc(/C=C(\C#N)C(=O)O)c2c1OCCO2. The third-order valence-electron chi connectivity index (χ3n) is 2.22. The van der Waals surface area contributed by atoms with Gasteiger partial charge in [0.25, 0.3) is 0 Å². The molecule has 88 valence electrons. The number of hydrogen-bond acceptors (Lipinski definition) is 5. The number of aliphatic carboxylic acids is 1. The fourth-order valence-corrected chi connectivity index (χ4v) is 2.48. The van der Waals surface area contributed by atoms with E-state index in [2.05, 4.69) is 0 Å². The molecule has 0 aromatic carbocycles. The van der Waals surface area contributed by atoms with E-state index in [1.54, 1.807) is 6.07 Å². The van der Waals surface area contributed by atoms with Crippen LogP contribution in [0, 0.1) is 18.3 Å². The Morgan fingerprint density at radius 3 is 2.71 bits per heavy atom. The molecule has 0 fully saturated rings. The first-order valence-electron chi connectivity index (χ1n) is 4.87. The summed E-state index contributed by atoms with van der Waals surface area (Å²) < 4.78 is 10.9. The van der Waals surface area contributed by atoms with Crippen molar-refractivity contribution in [2.24, 2.45) is 0 Å². The summed E-state index contributed by atoms with van der Waals surface area (Å²) in [6.07, 6.45) is 1.31. The average Bonchev–Trinajstić information content (AvgIpc) is 2.63. The molecule has 2 heterocycles. The van der Waals surface area contributed by atoms with Crippen LogP contribution >= 0.6 is 11.3 Å². The number of carbonyl (C=O) groups is 1. The maximum atomic E-state index is 10.8. The van der Waals surface area contributed by atoms with Crippen molar-refractivity contribution in [3.8, 4) is 17.6 Å². The Bertz CT molecular complexity index is 538. The molecule has 0 atom stereocenters.